The van der Waals surface area contributed by atoms with E-state index in [1.165, 1.54) is 0 Å². The van der Waals surface area contributed by atoms with Crippen molar-refractivity contribution < 1.29 is 13.6 Å². The molecule has 0 spiro atoms. The molecule has 1 aromatic carbocycles. The molecule has 0 saturated heterocycles. The molecule has 2 aromatic rings. The molecule has 106 valence electrons. The van der Waals surface area contributed by atoms with Gasteiger partial charge in [0.2, 0.25) is 5.16 Å². The molecular weight excluding hydrogens is 284 g/mol. The minimum Gasteiger partial charge on any atom is -0.293 e. The van der Waals surface area contributed by atoms with Crippen LogP contribution >= 0.6 is 11.8 Å². The molecule has 0 saturated carbocycles. The molecule has 0 fully saturated rings. The SMILES string of the molecule is CCCc1nc(SCC(=O)c2cc(F)ccc2F)n[nH]1. The molecule has 1 N–H and O–H groups in total. The fraction of sp³-hybridized carbons (Fsp3) is 0.308. The molecule has 4 nitrogen and oxygen atoms in total. The summed E-state index contributed by atoms with van der Waals surface area (Å²) in [5.74, 6) is -1.14. The van der Waals surface area contributed by atoms with Gasteiger partial charge in [-0.2, -0.15) is 0 Å². The van der Waals surface area contributed by atoms with Crippen molar-refractivity contribution in [2.75, 3.05) is 5.75 Å². The van der Waals surface area contributed by atoms with Gasteiger partial charge in [-0.25, -0.2) is 13.8 Å². The second kappa shape index (κ2) is 6.60. The number of benzene rings is 1. The summed E-state index contributed by atoms with van der Waals surface area (Å²) >= 11 is 1.09. The highest BCUT2D eigenvalue weighted by atomic mass is 32.2. The van der Waals surface area contributed by atoms with Gasteiger partial charge < -0.3 is 0 Å². The van der Waals surface area contributed by atoms with E-state index in [4.69, 9.17) is 0 Å². The number of rotatable bonds is 6. The van der Waals surface area contributed by atoms with Gasteiger partial charge in [-0.05, 0) is 24.6 Å². The van der Waals surface area contributed by atoms with Crippen molar-refractivity contribution in [1.82, 2.24) is 15.2 Å². The molecule has 0 radical (unpaired) electrons. The number of halogens is 2. The van der Waals surface area contributed by atoms with Gasteiger partial charge >= 0.3 is 0 Å². The molecule has 0 aliphatic heterocycles. The van der Waals surface area contributed by atoms with Crippen LogP contribution in [0.2, 0.25) is 0 Å². The summed E-state index contributed by atoms with van der Waals surface area (Å²) in [6.45, 7) is 2.02. The molecule has 0 aliphatic carbocycles. The highest BCUT2D eigenvalue weighted by Gasteiger charge is 2.14. The Morgan fingerprint density at radius 3 is 2.95 bits per heavy atom. The van der Waals surface area contributed by atoms with Gasteiger partial charge in [0.1, 0.15) is 17.5 Å². The van der Waals surface area contributed by atoms with Gasteiger partial charge in [-0.1, -0.05) is 18.7 Å². The van der Waals surface area contributed by atoms with Gasteiger partial charge in [0.25, 0.3) is 0 Å². The monoisotopic (exact) mass is 297 g/mol. The number of aryl methyl sites for hydroxylation is 1. The van der Waals surface area contributed by atoms with Gasteiger partial charge in [0.05, 0.1) is 11.3 Å². The molecule has 0 unspecified atom stereocenters. The Labute approximate surface area is 119 Å². The number of ketones is 1. The van der Waals surface area contributed by atoms with Crippen LogP contribution in [0.1, 0.15) is 29.5 Å². The van der Waals surface area contributed by atoms with Crippen LogP contribution in [0.5, 0.6) is 0 Å². The molecular formula is C13H13F2N3OS. The summed E-state index contributed by atoms with van der Waals surface area (Å²) in [7, 11) is 0. The normalized spacial score (nSPS) is 10.8. The molecule has 0 aliphatic rings. The van der Waals surface area contributed by atoms with E-state index in [1.807, 2.05) is 6.92 Å². The van der Waals surface area contributed by atoms with Crippen LogP contribution in [-0.4, -0.2) is 26.7 Å². The number of nitrogens with one attached hydrogen (secondary N) is 1. The Morgan fingerprint density at radius 1 is 1.40 bits per heavy atom. The maximum absolute atomic E-state index is 13.4. The third-order valence-corrected chi connectivity index (χ3v) is 3.41. The van der Waals surface area contributed by atoms with E-state index in [1.54, 1.807) is 0 Å². The van der Waals surface area contributed by atoms with Crippen LogP contribution in [0.4, 0.5) is 8.78 Å². The number of thioether (sulfide) groups is 1. The van der Waals surface area contributed by atoms with Crippen LogP contribution in [0, 0.1) is 11.6 Å². The first-order valence-corrected chi connectivity index (χ1v) is 7.11. The van der Waals surface area contributed by atoms with Crippen molar-refractivity contribution in [1.29, 1.82) is 0 Å². The molecule has 7 heteroatoms. The zero-order chi connectivity index (χ0) is 14.5. The van der Waals surface area contributed by atoms with Gasteiger partial charge in [0, 0.05) is 6.42 Å². The Morgan fingerprint density at radius 2 is 2.20 bits per heavy atom. The quantitative estimate of drug-likeness (QED) is 0.658. The van der Waals surface area contributed by atoms with Gasteiger partial charge in [-0.3, -0.25) is 9.89 Å². The number of carbonyl (C=O) groups is 1. The largest absolute Gasteiger partial charge is 0.293 e. The number of Topliss-reactive ketones (excluding diaryl/α,β-unsaturated/α-hetero) is 1. The van der Waals surface area contributed by atoms with Crippen LogP contribution in [-0.2, 0) is 6.42 Å². The Kier molecular flexibility index (Phi) is 4.84. The third kappa shape index (κ3) is 3.63. The summed E-state index contributed by atoms with van der Waals surface area (Å²) in [5, 5.41) is 7.14. The molecule has 0 bridgehead atoms. The van der Waals surface area contributed by atoms with E-state index in [9.17, 15) is 13.6 Å². The minimum absolute atomic E-state index is 0.0379. The molecule has 1 aromatic heterocycles. The van der Waals surface area contributed by atoms with Crippen LogP contribution < -0.4 is 0 Å². The van der Waals surface area contributed by atoms with Crippen LogP contribution in [0.3, 0.4) is 0 Å². The first kappa shape index (κ1) is 14.6. The average Bonchev–Trinajstić information content (AvgIpc) is 2.87. The number of hydrogen-bond donors (Lipinski definition) is 1. The maximum atomic E-state index is 13.4. The summed E-state index contributed by atoms with van der Waals surface area (Å²) in [6, 6.07) is 2.82. The van der Waals surface area contributed by atoms with Crippen molar-refractivity contribution in [2.24, 2.45) is 0 Å². The second-order valence-electron chi connectivity index (χ2n) is 4.15. The Bertz CT molecular complexity index is 615. The van der Waals surface area contributed by atoms with E-state index >= 15 is 0 Å². The summed E-state index contributed by atoms with van der Waals surface area (Å²) in [4.78, 5) is 16.0. The summed E-state index contributed by atoms with van der Waals surface area (Å²) in [6.07, 6.45) is 1.72. The fourth-order valence-corrected chi connectivity index (χ4v) is 2.31. The lowest BCUT2D eigenvalue weighted by atomic mass is 10.1. The second-order valence-corrected chi connectivity index (χ2v) is 5.09. The van der Waals surface area contributed by atoms with Crippen molar-refractivity contribution in [2.45, 2.75) is 24.9 Å². The smallest absolute Gasteiger partial charge is 0.208 e. The van der Waals surface area contributed by atoms with Crippen molar-refractivity contribution in [3.05, 3.63) is 41.2 Å². The van der Waals surface area contributed by atoms with E-state index in [0.29, 0.717) is 5.16 Å². The Hall–Kier alpha value is -1.76. The highest BCUT2D eigenvalue weighted by molar-refractivity contribution is 7.99. The van der Waals surface area contributed by atoms with E-state index in [0.717, 1.165) is 48.6 Å². The number of aromatic nitrogens is 3. The zero-order valence-corrected chi connectivity index (χ0v) is 11.6. The first-order valence-electron chi connectivity index (χ1n) is 6.12. The Balaban J connectivity index is 1.99. The van der Waals surface area contributed by atoms with Crippen LogP contribution in [0.15, 0.2) is 23.4 Å². The van der Waals surface area contributed by atoms with Crippen molar-refractivity contribution in [3.63, 3.8) is 0 Å². The maximum Gasteiger partial charge on any atom is 0.208 e. The van der Waals surface area contributed by atoms with Crippen molar-refractivity contribution in [3.8, 4) is 0 Å². The molecule has 2 rings (SSSR count). The zero-order valence-electron chi connectivity index (χ0n) is 10.8. The predicted octanol–water partition coefficient (Wildman–Crippen LogP) is 3.01. The van der Waals surface area contributed by atoms with Crippen molar-refractivity contribution >= 4 is 17.5 Å². The molecule has 1 heterocycles. The molecule has 20 heavy (non-hydrogen) atoms. The highest BCUT2D eigenvalue weighted by Crippen LogP contribution is 2.17. The lowest BCUT2D eigenvalue weighted by Gasteiger charge is -2.01. The summed E-state index contributed by atoms with van der Waals surface area (Å²) in [5.41, 5.74) is -0.248. The molecule has 0 atom stereocenters. The predicted molar refractivity (Wildman–Crippen MR) is 71.8 cm³/mol. The number of hydrogen-bond acceptors (Lipinski definition) is 4. The number of nitrogens with zero attached hydrogens (tertiary/aromatic N) is 2. The fourth-order valence-electron chi connectivity index (χ4n) is 1.61. The van der Waals surface area contributed by atoms with E-state index in [-0.39, 0.29) is 11.3 Å². The number of H-pyrrole nitrogens is 1. The average molecular weight is 297 g/mol. The standard InChI is InChI=1S/C13H13F2N3OS/c1-2-3-12-16-13(18-17-12)20-7-11(19)9-6-8(14)4-5-10(9)15/h4-6H,2-3,7H2,1H3,(H,16,17,18). The lowest BCUT2D eigenvalue weighted by Crippen LogP contribution is -2.06. The lowest BCUT2D eigenvalue weighted by molar-refractivity contribution is 0.101. The van der Waals surface area contributed by atoms with Gasteiger partial charge in [-0.15, -0.1) is 5.10 Å². The van der Waals surface area contributed by atoms with E-state index in [2.05, 4.69) is 15.2 Å². The summed E-state index contributed by atoms with van der Waals surface area (Å²) < 4.78 is 26.4. The minimum atomic E-state index is -0.723. The number of carbonyl (C=O) groups excluding carboxylic acids is 1. The topological polar surface area (TPSA) is 58.6 Å². The van der Waals surface area contributed by atoms with Crippen LogP contribution in [0.25, 0.3) is 0 Å². The van der Waals surface area contributed by atoms with Gasteiger partial charge in [0.15, 0.2) is 5.78 Å². The first-order chi connectivity index (χ1) is 9.60. The molecule has 0 amide bonds. The number of aromatic amines is 1. The third-order valence-electron chi connectivity index (χ3n) is 2.56. The van der Waals surface area contributed by atoms with E-state index < -0.39 is 17.4 Å².